The first-order chi connectivity index (χ1) is 7.88. The second-order valence-corrected chi connectivity index (χ2v) is 4.39. The number of ether oxygens (including phenoxy) is 1. The molecule has 1 saturated heterocycles. The van der Waals surface area contributed by atoms with E-state index in [4.69, 9.17) is 4.74 Å². The third-order valence-corrected chi connectivity index (χ3v) is 3.06. The number of likely N-dealkylation sites (tertiary alicyclic amines) is 1. The van der Waals surface area contributed by atoms with E-state index >= 15 is 0 Å². The van der Waals surface area contributed by atoms with Gasteiger partial charge in [-0.25, -0.2) is 0 Å². The van der Waals surface area contributed by atoms with E-state index in [2.05, 4.69) is 17.9 Å². The van der Waals surface area contributed by atoms with E-state index in [0.717, 1.165) is 18.6 Å². The zero-order valence-corrected chi connectivity index (χ0v) is 9.98. The van der Waals surface area contributed by atoms with Gasteiger partial charge in [0.25, 0.3) is 0 Å². The summed E-state index contributed by atoms with van der Waals surface area (Å²) in [7, 11) is 0. The van der Waals surface area contributed by atoms with Crippen LogP contribution >= 0.6 is 0 Å². The molecule has 1 aromatic rings. The lowest BCUT2D eigenvalue weighted by atomic mass is 10.1. The van der Waals surface area contributed by atoms with Crippen LogP contribution < -0.4 is 4.74 Å². The van der Waals surface area contributed by atoms with Crippen LogP contribution in [-0.4, -0.2) is 30.6 Å². The average Bonchev–Trinajstić information content (AvgIpc) is 2.33. The fourth-order valence-electron chi connectivity index (χ4n) is 2.21. The molecule has 0 aromatic heterocycles. The van der Waals surface area contributed by atoms with Gasteiger partial charge < -0.3 is 9.64 Å². The monoisotopic (exact) mass is 218 g/mol. The summed E-state index contributed by atoms with van der Waals surface area (Å²) in [6.07, 6.45) is 3.95. The van der Waals surface area contributed by atoms with Gasteiger partial charge in [0, 0.05) is 13.1 Å². The number of rotatable bonds is 4. The summed E-state index contributed by atoms with van der Waals surface area (Å²) in [6, 6.07) is 10.8. The van der Waals surface area contributed by atoms with Crippen LogP contribution in [0.2, 0.25) is 0 Å². The molecule has 0 bridgehead atoms. The van der Waals surface area contributed by atoms with Gasteiger partial charge in [-0.15, -0.1) is 0 Å². The summed E-state index contributed by atoms with van der Waals surface area (Å²) in [5.74, 6) is 0.979. The Morgan fingerprint density at radius 1 is 1.31 bits per heavy atom. The van der Waals surface area contributed by atoms with Crippen LogP contribution in [0.25, 0.3) is 0 Å². The topological polar surface area (TPSA) is 12.5 Å². The maximum Gasteiger partial charge on any atom is 0.119 e. The quantitative estimate of drug-likeness (QED) is 0.770. The van der Waals surface area contributed by atoms with Crippen LogP contribution in [0.15, 0.2) is 24.3 Å². The van der Waals surface area contributed by atoms with Gasteiger partial charge in [0.2, 0.25) is 0 Å². The van der Waals surface area contributed by atoms with E-state index < -0.39 is 0 Å². The van der Waals surface area contributed by atoms with Crippen molar-refractivity contribution >= 4 is 0 Å². The van der Waals surface area contributed by atoms with Gasteiger partial charge in [-0.2, -0.15) is 0 Å². The molecule has 0 N–H and O–H groups in total. The standard InChI is InChI=1S/C14H20NO/c1-2-10-15-11-8-14(9-12-15)16-13-6-4-3-5-7-13/h4-7,14H,2,8-12H2,1H3. The second kappa shape index (κ2) is 5.90. The molecule has 1 aromatic carbocycles. The lowest BCUT2D eigenvalue weighted by Crippen LogP contribution is -2.38. The molecule has 0 saturated carbocycles. The lowest BCUT2D eigenvalue weighted by Gasteiger charge is -2.31. The molecule has 1 aliphatic heterocycles. The van der Waals surface area contributed by atoms with Gasteiger partial charge in [-0.05, 0) is 44.0 Å². The van der Waals surface area contributed by atoms with E-state index in [1.807, 2.05) is 24.3 Å². The maximum absolute atomic E-state index is 5.94. The smallest absolute Gasteiger partial charge is 0.119 e. The summed E-state index contributed by atoms with van der Waals surface area (Å²) in [4.78, 5) is 2.53. The van der Waals surface area contributed by atoms with Crippen molar-refractivity contribution in [2.45, 2.75) is 32.3 Å². The van der Waals surface area contributed by atoms with E-state index in [0.29, 0.717) is 6.10 Å². The van der Waals surface area contributed by atoms with Gasteiger partial charge in [-0.3, -0.25) is 0 Å². The number of hydrogen-bond acceptors (Lipinski definition) is 2. The summed E-state index contributed by atoms with van der Waals surface area (Å²) in [5.41, 5.74) is 0. The van der Waals surface area contributed by atoms with Crippen molar-refractivity contribution in [2.24, 2.45) is 0 Å². The van der Waals surface area contributed by atoms with Crippen molar-refractivity contribution in [3.63, 3.8) is 0 Å². The molecular formula is C14H20NO. The SMILES string of the molecule is CCCN1CCC(Oc2cc[c]cc2)CC1. The third kappa shape index (κ3) is 3.24. The molecule has 87 valence electrons. The van der Waals surface area contributed by atoms with Crippen LogP contribution in [0.1, 0.15) is 26.2 Å². The summed E-state index contributed by atoms with van der Waals surface area (Å²) in [6.45, 7) is 5.82. The van der Waals surface area contributed by atoms with Crippen molar-refractivity contribution in [1.82, 2.24) is 4.90 Å². The molecule has 0 aliphatic carbocycles. The highest BCUT2D eigenvalue weighted by atomic mass is 16.5. The van der Waals surface area contributed by atoms with Crippen LogP contribution in [0, 0.1) is 6.07 Å². The molecule has 1 heterocycles. The molecular weight excluding hydrogens is 198 g/mol. The normalized spacial score (nSPS) is 18.6. The highest BCUT2D eigenvalue weighted by molar-refractivity contribution is 5.20. The Balaban J connectivity index is 1.77. The predicted octanol–water partition coefficient (Wildman–Crippen LogP) is 2.74. The number of nitrogens with zero attached hydrogens (tertiary/aromatic N) is 1. The van der Waals surface area contributed by atoms with E-state index in [9.17, 15) is 0 Å². The Bertz CT molecular complexity index is 291. The molecule has 2 rings (SSSR count). The summed E-state index contributed by atoms with van der Waals surface area (Å²) < 4.78 is 5.94. The highest BCUT2D eigenvalue weighted by Gasteiger charge is 2.19. The maximum atomic E-state index is 5.94. The Hall–Kier alpha value is -1.02. The molecule has 1 fully saturated rings. The summed E-state index contributed by atoms with van der Waals surface area (Å²) in [5, 5.41) is 0. The zero-order chi connectivity index (χ0) is 11.2. The Morgan fingerprint density at radius 3 is 2.62 bits per heavy atom. The average molecular weight is 218 g/mol. The number of hydrogen-bond donors (Lipinski definition) is 0. The Kier molecular flexibility index (Phi) is 4.23. The van der Waals surface area contributed by atoms with Gasteiger partial charge in [0.1, 0.15) is 11.9 Å². The lowest BCUT2D eigenvalue weighted by molar-refractivity contribution is 0.101. The van der Waals surface area contributed by atoms with Crippen molar-refractivity contribution in [1.29, 1.82) is 0 Å². The first-order valence-electron chi connectivity index (χ1n) is 6.23. The van der Waals surface area contributed by atoms with Gasteiger partial charge in [0.15, 0.2) is 0 Å². The van der Waals surface area contributed by atoms with Crippen molar-refractivity contribution in [3.8, 4) is 5.75 Å². The zero-order valence-electron chi connectivity index (χ0n) is 9.98. The van der Waals surface area contributed by atoms with Crippen LogP contribution in [0.4, 0.5) is 0 Å². The van der Waals surface area contributed by atoms with Crippen LogP contribution in [0.3, 0.4) is 0 Å². The molecule has 2 nitrogen and oxygen atoms in total. The van der Waals surface area contributed by atoms with Gasteiger partial charge in [0.05, 0.1) is 0 Å². The minimum Gasteiger partial charge on any atom is -0.490 e. The van der Waals surface area contributed by atoms with Crippen molar-refractivity contribution in [3.05, 3.63) is 30.3 Å². The summed E-state index contributed by atoms with van der Waals surface area (Å²) >= 11 is 0. The molecule has 0 unspecified atom stereocenters. The minimum atomic E-state index is 0.399. The van der Waals surface area contributed by atoms with Gasteiger partial charge >= 0.3 is 0 Å². The molecule has 0 amide bonds. The molecule has 1 radical (unpaired) electrons. The highest BCUT2D eigenvalue weighted by Crippen LogP contribution is 2.18. The first kappa shape index (κ1) is 11.5. The second-order valence-electron chi connectivity index (χ2n) is 4.39. The number of benzene rings is 1. The Morgan fingerprint density at radius 2 is 2.00 bits per heavy atom. The van der Waals surface area contributed by atoms with Crippen LogP contribution in [-0.2, 0) is 0 Å². The van der Waals surface area contributed by atoms with E-state index in [1.54, 1.807) is 0 Å². The third-order valence-electron chi connectivity index (χ3n) is 3.06. The largest absolute Gasteiger partial charge is 0.490 e. The molecule has 16 heavy (non-hydrogen) atoms. The molecule has 0 atom stereocenters. The predicted molar refractivity (Wildman–Crippen MR) is 65.7 cm³/mol. The molecule has 1 aliphatic rings. The van der Waals surface area contributed by atoms with Crippen molar-refractivity contribution in [2.75, 3.05) is 19.6 Å². The Labute approximate surface area is 98.2 Å². The molecule has 0 spiro atoms. The minimum absolute atomic E-state index is 0.399. The fraction of sp³-hybridized carbons (Fsp3) is 0.571. The first-order valence-corrected chi connectivity index (χ1v) is 6.23. The molecule has 2 heteroatoms. The van der Waals surface area contributed by atoms with Gasteiger partial charge in [-0.1, -0.05) is 19.1 Å². The van der Waals surface area contributed by atoms with Crippen molar-refractivity contribution < 1.29 is 4.74 Å². The van der Waals surface area contributed by atoms with E-state index in [-0.39, 0.29) is 0 Å². The fourth-order valence-corrected chi connectivity index (χ4v) is 2.21. The van der Waals surface area contributed by atoms with E-state index in [1.165, 1.54) is 26.1 Å². The number of piperidine rings is 1. The van der Waals surface area contributed by atoms with Crippen LogP contribution in [0.5, 0.6) is 5.75 Å².